The van der Waals surface area contributed by atoms with Crippen molar-refractivity contribution in [3.8, 4) is 0 Å². The van der Waals surface area contributed by atoms with Crippen LogP contribution in [0.25, 0.3) is 33.0 Å². The van der Waals surface area contributed by atoms with E-state index in [1.54, 1.807) is 47.8 Å². The van der Waals surface area contributed by atoms with E-state index >= 15 is 0 Å². The molecule has 1 aliphatic heterocycles. The van der Waals surface area contributed by atoms with Crippen molar-refractivity contribution in [2.45, 2.75) is 0 Å². The molecule has 41 heavy (non-hydrogen) atoms. The summed E-state index contributed by atoms with van der Waals surface area (Å²) in [5.74, 6) is -1.88. The number of nitro benzene ring substituents is 1. The molecule has 0 unspecified atom stereocenters. The van der Waals surface area contributed by atoms with Gasteiger partial charge in [0.25, 0.3) is 17.5 Å². The number of carbonyl (C=O) groups is 3. The molecule has 212 valence electrons. The number of benzene rings is 2. The number of carbonyl (C=O) groups excluding carboxylic acids is 3. The standard InChI is InChI=1S/C25H22N5O10P/c1-27-12-17(15-5-3-4-6-19(15)27)21-22(18-13-28(2)20-11-14(30(34)35)7-8-16(18)20)24(32)29(23(21)31)40-25(33)26-9-10-39-41(36,37)38/h3-8,11-13H,9-10H2,1-2H3,(H,26,33)(H2,36,37,38). The van der Waals surface area contributed by atoms with Crippen LogP contribution in [0.5, 0.6) is 0 Å². The van der Waals surface area contributed by atoms with E-state index in [-0.39, 0.29) is 16.8 Å². The minimum atomic E-state index is -4.76. The molecule has 0 radical (unpaired) electrons. The molecular formula is C25H22N5O10P. The van der Waals surface area contributed by atoms with E-state index in [1.165, 1.54) is 18.2 Å². The van der Waals surface area contributed by atoms with E-state index < -0.39 is 43.8 Å². The number of nitrogens with one attached hydrogen (secondary N) is 1. The molecule has 3 N–H and O–H groups in total. The van der Waals surface area contributed by atoms with Gasteiger partial charge in [-0.05, 0) is 12.1 Å². The molecule has 16 heteroatoms. The van der Waals surface area contributed by atoms with E-state index in [1.807, 2.05) is 12.1 Å². The number of imide groups is 1. The second-order valence-corrected chi connectivity index (χ2v) is 10.3. The average molecular weight is 583 g/mol. The van der Waals surface area contributed by atoms with Crippen LogP contribution >= 0.6 is 7.82 Å². The van der Waals surface area contributed by atoms with Crippen molar-refractivity contribution >= 4 is 64.4 Å². The summed E-state index contributed by atoms with van der Waals surface area (Å²) in [6.45, 7) is -0.951. The number of amides is 3. The van der Waals surface area contributed by atoms with Gasteiger partial charge in [0.15, 0.2) is 0 Å². The molecule has 0 aliphatic carbocycles. The fourth-order valence-corrected chi connectivity index (χ4v) is 5.08. The number of hydrogen-bond acceptors (Lipinski definition) is 8. The summed E-state index contributed by atoms with van der Waals surface area (Å²) in [5, 5.41) is 14.9. The number of aromatic nitrogens is 2. The minimum absolute atomic E-state index is 0.0460. The van der Waals surface area contributed by atoms with E-state index in [2.05, 4.69) is 9.84 Å². The van der Waals surface area contributed by atoms with Gasteiger partial charge in [-0.25, -0.2) is 9.36 Å². The summed E-state index contributed by atoms with van der Waals surface area (Å²) >= 11 is 0. The van der Waals surface area contributed by atoms with Gasteiger partial charge in [0.05, 0.1) is 28.2 Å². The maximum atomic E-state index is 13.8. The Morgan fingerprint density at radius 3 is 2.17 bits per heavy atom. The number of nitro groups is 1. The Labute approximate surface area is 230 Å². The largest absolute Gasteiger partial charge is 0.469 e. The quantitative estimate of drug-likeness (QED) is 0.0912. The number of aryl methyl sites for hydroxylation is 2. The molecule has 15 nitrogen and oxygen atoms in total. The van der Waals surface area contributed by atoms with Crippen molar-refractivity contribution in [1.29, 1.82) is 0 Å². The highest BCUT2D eigenvalue weighted by molar-refractivity contribution is 7.46. The summed E-state index contributed by atoms with van der Waals surface area (Å²) in [6, 6.07) is 11.3. The van der Waals surface area contributed by atoms with Crippen molar-refractivity contribution in [1.82, 2.24) is 19.5 Å². The SMILES string of the molecule is Cn1cc(C2=C(c3cn(C)c4cc([N+](=O)[O-])ccc34)C(=O)N(OC(=O)NCCOP(=O)(O)O)C2=O)c2ccccc21. The summed E-state index contributed by atoms with van der Waals surface area (Å²) in [7, 11) is -1.36. The third-order valence-electron chi connectivity index (χ3n) is 6.47. The van der Waals surface area contributed by atoms with Gasteiger partial charge in [-0.15, -0.1) is 0 Å². The van der Waals surface area contributed by atoms with Gasteiger partial charge >= 0.3 is 13.9 Å². The topological polar surface area (TPSA) is 195 Å². The van der Waals surface area contributed by atoms with E-state index in [0.717, 1.165) is 5.52 Å². The van der Waals surface area contributed by atoms with Crippen LogP contribution in [0.2, 0.25) is 0 Å². The average Bonchev–Trinajstić information content (AvgIpc) is 3.50. The molecule has 0 saturated heterocycles. The third-order valence-corrected chi connectivity index (χ3v) is 6.99. The second kappa shape index (κ2) is 10.3. The lowest BCUT2D eigenvalue weighted by Crippen LogP contribution is -2.39. The number of phosphoric ester groups is 1. The number of nitrogens with zero attached hydrogens (tertiary/aromatic N) is 4. The first-order chi connectivity index (χ1) is 19.4. The van der Waals surface area contributed by atoms with Gasteiger partial charge in [0.2, 0.25) is 0 Å². The first-order valence-electron chi connectivity index (χ1n) is 11.9. The third kappa shape index (κ3) is 5.10. The zero-order valence-corrected chi connectivity index (χ0v) is 22.4. The smallest absolute Gasteiger partial charge is 0.350 e. The number of non-ortho nitro benzene ring substituents is 1. The summed E-state index contributed by atoms with van der Waals surface area (Å²) in [4.78, 5) is 73.3. The van der Waals surface area contributed by atoms with Gasteiger partial charge < -0.3 is 29.1 Å². The van der Waals surface area contributed by atoms with Crippen molar-refractivity contribution < 1.29 is 43.0 Å². The zero-order chi connectivity index (χ0) is 29.6. The fourth-order valence-electron chi connectivity index (χ4n) is 4.75. The molecule has 0 atom stereocenters. The van der Waals surface area contributed by atoms with Crippen molar-refractivity contribution in [2.24, 2.45) is 14.1 Å². The molecule has 0 fully saturated rings. The fraction of sp³-hybridized carbons (Fsp3) is 0.160. The van der Waals surface area contributed by atoms with E-state index in [4.69, 9.17) is 14.6 Å². The summed E-state index contributed by atoms with van der Waals surface area (Å²) < 4.78 is 18.4. The maximum absolute atomic E-state index is 13.8. The maximum Gasteiger partial charge on any atom is 0.469 e. The first kappa shape index (κ1) is 27.7. The van der Waals surface area contributed by atoms with Crippen LogP contribution in [0.3, 0.4) is 0 Å². The Morgan fingerprint density at radius 2 is 1.56 bits per heavy atom. The van der Waals surface area contributed by atoms with Crippen molar-refractivity contribution in [2.75, 3.05) is 13.2 Å². The molecule has 0 bridgehead atoms. The van der Waals surface area contributed by atoms with Crippen molar-refractivity contribution in [3.63, 3.8) is 0 Å². The Bertz CT molecular complexity index is 1850. The van der Waals surface area contributed by atoms with Crippen LogP contribution in [-0.2, 0) is 37.6 Å². The number of hydroxylamine groups is 2. The molecule has 4 aromatic rings. The molecule has 5 rings (SSSR count). The number of fused-ring (bicyclic) bond motifs is 2. The van der Waals surface area contributed by atoms with Crippen LogP contribution in [0.4, 0.5) is 10.5 Å². The number of para-hydroxylation sites is 1. The highest BCUT2D eigenvalue weighted by Gasteiger charge is 2.44. The molecule has 2 aromatic heterocycles. The molecule has 3 heterocycles. The molecule has 3 amide bonds. The zero-order valence-electron chi connectivity index (χ0n) is 21.5. The number of phosphoric acid groups is 1. The Hall–Kier alpha value is -4.82. The van der Waals surface area contributed by atoms with Crippen LogP contribution in [0, 0.1) is 10.1 Å². The van der Waals surface area contributed by atoms with Crippen molar-refractivity contribution in [3.05, 3.63) is 76.1 Å². The molecule has 1 aliphatic rings. The second-order valence-electron chi connectivity index (χ2n) is 9.07. The van der Waals surface area contributed by atoms with Gasteiger partial charge in [-0.2, -0.15) is 0 Å². The van der Waals surface area contributed by atoms with Crippen LogP contribution in [0.1, 0.15) is 11.1 Å². The lowest BCUT2D eigenvalue weighted by atomic mass is 9.95. The molecule has 2 aromatic carbocycles. The molecule has 0 saturated carbocycles. The Morgan fingerprint density at radius 1 is 0.976 bits per heavy atom. The van der Waals surface area contributed by atoms with Crippen LogP contribution < -0.4 is 5.32 Å². The Balaban J connectivity index is 1.59. The monoisotopic (exact) mass is 583 g/mol. The van der Waals surface area contributed by atoms with Gasteiger partial charge in [0.1, 0.15) is 0 Å². The number of rotatable bonds is 8. The predicted molar refractivity (Wildman–Crippen MR) is 144 cm³/mol. The predicted octanol–water partition coefficient (Wildman–Crippen LogP) is 2.61. The van der Waals surface area contributed by atoms with Gasteiger partial charge in [-0.3, -0.25) is 24.2 Å². The normalized spacial score (nSPS) is 14.0. The summed E-state index contributed by atoms with van der Waals surface area (Å²) in [5.41, 5.74) is 1.61. The first-order valence-corrected chi connectivity index (χ1v) is 13.5. The van der Waals surface area contributed by atoms with Gasteiger partial charge in [0, 0.05) is 72.6 Å². The molecular weight excluding hydrogens is 561 g/mol. The highest BCUT2D eigenvalue weighted by atomic mass is 31.2. The van der Waals surface area contributed by atoms with Crippen LogP contribution in [0.15, 0.2) is 54.9 Å². The highest BCUT2D eigenvalue weighted by Crippen LogP contribution is 2.42. The molecule has 0 spiro atoms. The van der Waals surface area contributed by atoms with Gasteiger partial charge in [-0.1, -0.05) is 23.3 Å². The number of hydrogen-bond donors (Lipinski definition) is 3. The Kier molecular flexibility index (Phi) is 6.97. The summed E-state index contributed by atoms with van der Waals surface area (Å²) in [6.07, 6.45) is 1.99. The lowest BCUT2D eigenvalue weighted by Gasteiger charge is -2.14. The van der Waals surface area contributed by atoms with E-state index in [9.17, 15) is 29.1 Å². The minimum Gasteiger partial charge on any atom is -0.350 e. The van der Waals surface area contributed by atoms with Crippen LogP contribution in [-0.4, -0.2) is 60.0 Å². The van der Waals surface area contributed by atoms with E-state index in [0.29, 0.717) is 32.5 Å². The lowest BCUT2D eigenvalue weighted by molar-refractivity contribution is -0.384.